The van der Waals surface area contributed by atoms with E-state index >= 15 is 0 Å². The van der Waals surface area contributed by atoms with Gasteiger partial charge in [-0.3, -0.25) is 4.72 Å². The summed E-state index contributed by atoms with van der Waals surface area (Å²) in [7, 11) is -3.95. The predicted molar refractivity (Wildman–Crippen MR) is 128 cm³/mol. The van der Waals surface area contributed by atoms with E-state index in [0.717, 1.165) is 22.7 Å². The summed E-state index contributed by atoms with van der Waals surface area (Å²) < 4.78 is 38.3. The van der Waals surface area contributed by atoms with Crippen molar-refractivity contribution < 1.29 is 13.2 Å². The molecule has 0 aliphatic rings. The number of ether oxygens (including phenoxy) is 1. The van der Waals surface area contributed by atoms with E-state index < -0.39 is 10.0 Å². The molecule has 0 aliphatic heterocycles. The molecule has 4 rings (SSSR count). The summed E-state index contributed by atoms with van der Waals surface area (Å²) in [5, 5.41) is 9.84. The van der Waals surface area contributed by atoms with Crippen LogP contribution in [0.1, 0.15) is 31.2 Å². The summed E-state index contributed by atoms with van der Waals surface area (Å²) in [6, 6.07) is 23.4. The summed E-state index contributed by atoms with van der Waals surface area (Å²) in [5.41, 5.74) is 1.92. The van der Waals surface area contributed by atoms with Gasteiger partial charge in [0.05, 0.1) is 10.5 Å². The molecule has 4 aromatic rings. The predicted octanol–water partition coefficient (Wildman–Crippen LogP) is 5.79. The van der Waals surface area contributed by atoms with Gasteiger partial charge in [-0.2, -0.15) is 9.64 Å². The van der Waals surface area contributed by atoms with Crippen LogP contribution in [-0.2, 0) is 10.0 Å². The Morgan fingerprint density at radius 3 is 2.42 bits per heavy atom. The van der Waals surface area contributed by atoms with Crippen LogP contribution in [-0.4, -0.2) is 17.8 Å². The molecule has 0 bridgehead atoms. The highest BCUT2D eigenvalue weighted by Gasteiger charge is 2.20. The Morgan fingerprint density at radius 1 is 1.00 bits per heavy atom. The lowest BCUT2D eigenvalue weighted by atomic mass is 10.0. The van der Waals surface area contributed by atoms with E-state index in [4.69, 9.17) is 4.74 Å². The number of aromatic nitrogens is 2. The highest BCUT2D eigenvalue weighted by molar-refractivity contribution is 7.93. The van der Waals surface area contributed by atoms with Crippen molar-refractivity contribution in [2.24, 2.45) is 0 Å². The molecule has 7 nitrogen and oxygen atoms in total. The number of nitriles is 1. The average Bonchev–Trinajstić information content (AvgIpc) is 3.28. The Morgan fingerprint density at radius 2 is 1.73 bits per heavy atom. The maximum Gasteiger partial charge on any atom is 0.263 e. The van der Waals surface area contributed by atoms with Gasteiger partial charge in [-0.1, -0.05) is 62.4 Å². The van der Waals surface area contributed by atoms with Crippen molar-refractivity contribution in [3.8, 4) is 28.7 Å². The smallest absolute Gasteiger partial charge is 0.263 e. The molecule has 0 saturated heterocycles. The summed E-state index contributed by atoms with van der Waals surface area (Å²) in [6.45, 7) is 3.85. The summed E-state index contributed by atoms with van der Waals surface area (Å²) in [6.07, 6.45) is 0. The van der Waals surface area contributed by atoms with Crippen LogP contribution in [0.25, 0.3) is 11.1 Å². The molecule has 0 aliphatic carbocycles. The molecule has 33 heavy (non-hydrogen) atoms. The highest BCUT2D eigenvalue weighted by Crippen LogP contribution is 2.35. The summed E-state index contributed by atoms with van der Waals surface area (Å²) in [4.78, 5) is 4.14. The van der Waals surface area contributed by atoms with Crippen molar-refractivity contribution in [2.45, 2.75) is 24.7 Å². The molecule has 0 amide bonds. The minimum atomic E-state index is -3.95. The third-order valence-electron chi connectivity index (χ3n) is 4.75. The van der Waals surface area contributed by atoms with E-state index in [1.165, 1.54) is 18.2 Å². The molecule has 0 radical (unpaired) electrons. The van der Waals surface area contributed by atoms with Crippen molar-refractivity contribution in [3.05, 3.63) is 84.2 Å². The van der Waals surface area contributed by atoms with Gasteiger partial charge in [-0.05, 0) is 29.8 Å². The molecule has 1 aromatic heterocycles. The maximum atomic E-state index is 12.8. The van der Waals surface area contributed by atoms with E-state index in [2.05, 4.69) is 14.1 Å². The van der Waals surface area contributed by atoms with Crippen molar-refractivity contribution in [2.75, 3.05) is 4.72 Å². The third kappa shape index (κ3) is 5.03. The van der Waals surface area contributed by atoms with Gasteiger partial charge < -0.3 is 4.74 Å². The Kier molecular flexibility index (Phi) is 6.40. The highest BCUT2D eigenvalue weighted by atomic mass is 32.2. The first-order valence-corrected chi connectivity index (χ1v) is 12.4. The van der Waals surface area contributed by atoms with Crippen LogP contribution in [0.5, 0.6) is 11.5 Å². The topological polar surface area (TPSA) is 105 Å². The van der Waals surface area contributed by atoms with Crippen LogP contribution in [0.3, 0.4) is 0 Å². The van der Waals surface area contributed by atoms with Crippen LogP contribution in [0, 0.1) is 11.3 Å². The molecule has 0 spiro atoms. The number of nitrogens with one attached hydrogen (secondary N) is 1. The molecule has 1 heterocycles. The minimum Gasteiger partial charge on any atom is -0.455 e. The number of hydrogen-bond acceptors (Lipinski definition) is 7. The molecular formula is C24H20N4O3S2. The van der Waals surface area contributed by atoms with E-state index in [1.807, 2.05) is 68.4 Å². The lowest BCUT2D eigenvalue weighted by molar-refractivity contribution is 0.482. The Hall–Kier alpha value is -3.74. The zero-order chi connectivity index (χ0) is 23.4. The Balaban J connectivity index is 1.62. The fourth-order valence-corrected chi connectivity index (χ4v) is 5.03. The number of nitrogens with zero attached hydrogens (tertiary/aromatic N) is 3. The number of anilines is 1. The number of rotatable bonds is 7. The fourth-order valence-electron chi connectivity index (χ4n) is 3.07. The first kappa shape index (κ1) is 22.5. The Bertz CT molecular complexity index is 1430. The second-order valence-electron chi connectivity index (χ2n) is 7.45. The van der Waals surface area contributed by atoms with Crippen LogP contribution in [0.4, 0.5) is 5.13 Å². The normalized spacial score (nSPS) is 11.2. The zero-order valence-corrected chi connectivity index (χ0v) is 19.5. The van der Waals surface area contributed by atoms with Gasteiger partial charge in [0.25, 0.3) is 10.0 Å². The van der Waals surface area contributed by atoms with Gasteiger partial charge in [0.15, 0.2) is 0 Å². The van der Waals surface area contributed by atoms with Crippen LogP contribution in [0.15, 0.2) is 77.7 Å². The second-order valence-corrected chi connectivity index (χ2v) is 9.89. The SMILES string of the molecule is CC(C)c1nsc(NS(=O)(=O)c2ccc(Oc3ccccc3-c3ccccc3)c(C#N)c2)n1. The maximum absolute atomic E-state index is 12.8. The van der Waals surface area contributed by atoms with Gasteiger partial charge in [0, 0.05) is 23.0 Å². The fraction of sp³-hybridized carbons (Fsp3) is 0.125. The third-order valence-corrected chi connectivity index (χ3v) is 6.86. The lowest BCUT2D eigenvalue weighted by Gasteiger charge is -2.13. The van der Waals surface area contributed by atoms with E-state index in [1.54, 1.807) is 6.07 Å². The van der Waals surface area contributed by atoms with Crippen LogP contribution in [0.2, 0.25) is 0 Å². The van der Waals surface area contributed by atoms with Crippen LogP contribution >= 0.6 is 11.5 Å². The average molecular weight is 477 g/mol. The van der Waals surface area contributed by atoms with Gasteiger partial charge in [-0.25, -0.2) is 13.4 Å². The van der Waals surface area contributed by atoms with Crippen molar-refractivity contribution in [3.63, 3.8) is 0 Å². The van der Waals surface area contributed by atoms with Gasteiger partial charge in [0.1, 0.15) is 23.4 Å². The zero-order valence-electron chi connectivity index (χ0n) is 17.9. The number of hydrogen-bond donors (Lipinski definition) is 1. The molecule has 1 N–H and O–H groups in total. The lowest BCUT2D eigenvalue weighted by Crippen LogP contribution is -2.13. The molecule has 0 fully saturated rings. The summed E-state index contributed by atoms with van der Waals surface area (Å²) in [5.74, 6) is 1.47. The molecular weight excluding hydrogens is 456 g/mol. The van der Waals surface area contributed by atoms with E-state index in [-0.39, 0.29) is 27.3 Å². The van der Waals surface area contributed by atoms with E-state index in [0.29, 0.717) is 11.6 Å². The molecule has 166 valence electrons. The van der Waals surface area contributed by atoms with Crippen molar-refractivity contribution >= 4 is 26.7 Å². The number of sulfonamides is 1. The summed E-state index contributed by atoms with van der Waals surface area (Å²) >= 11 is 0.973. The van der Waals surface area contributed by atoms with Crippen molar-refractivity contribution in [1.82, 2.24) is 9.36 Å². The van der Waals surface area contributed by atoms with Crippen LogP contribution < -0.4 is 9.46 Å². The molecule has 0 atom stereocenters. The Labute approximate surface area is 196 Å². The first-order valence-electron chi connectivity index (χ1n) is 10.1. The van der Waals surface area contributed by atoms with Gasteiger partial charge in [0.2, 0.25) is 5.13 Å². The van der Waals surface area contributed by atoms with Gasteiger partial charge in [-0.15, -0.1) is 0 Å². The molecule has 0 unspecified atom stereocenters. The number of benzene rings is 3. The molecule has 3 aromatic carbocycles. The minimum absolute atomic E-state index is 0.0657. The monoisotopic (exact) mass is 476 g/mol. The van der Waals surface area contributed by atoms with Gasteiger partial charge >= 0.3 is 0 Å². The number of para-hydroxylation sites is 1. The quantitative estimate of drug-likeness (QED) is 0.362. The largest absolute Gasteiger partial charge is 0.455 e. The first-order chi connectivity index (χ1) is 15.9. The molecule has 9 heteroatoms. The standard InChI is InChI=1S/C24H20N4O3S2/c1-16(2)23-26-24(32-27-23)28-33(29,30)19-12-13-21(18(14-19)15-25)31-22-11-7-6-10-20(22)17-8-4-3-5-9-17/h3-14,16H,1-2H3,(H,26,27,28). The molecule has 0 saturated carbocycles. The van der Waals surface area contributed by atoms with E-state index in [9.17, 15) is 13.7 Å². The second kappa shape index (κ2) is 9.40. The van der Waals surface area contributed by atoms with Crippen molar-refractivity contribution in [1.29, 1.82) is 5.26 Å².